The number of allylic oxidation sites excluding steroid dienone is 3. The fourth-order valence-corrected chi connectivity index (χ4v) is 4.48. The van der Waals surface area contributed by atoms with Crippen molar-refractivity contribution in [1.82, 2.24) is 0 Å². The highest BCUT2D eigenvalue weighted by atomic mass is 16.2. The molecule has 0 fully saturated rings. The van der Waals surface area contributed by atoms with Crippen LogP contribution in [0.2, 0.25) is 0 Å². The quantitative estimate of drug-likeness (QED) is 0.679. The number of rotatable bonds is 3. The minimum absolute atomic E-state index is 0.0579. The first-order valence-corrected chi connectivity index (χ1v) is 10.2. The van der Waals surface area contributed by atoms with Crippen LogP contribution in [0.5, 0.6) is 0 Å². The van der Waals surface area contributed by atoms with Gasteiger partial charge in [0.25, 0.3) is 0 Å². The van der Waals surface area contributed by atoms with Gasteiger partial charge in [-0.2, -0.15) is 0 Å². The average molecular weight is 386 g/mol. The van der Waals surface area contributed by atoms with Gasteiger partial charge in [-0.1, -0.05) is 68.5 Å². The van der Waals surface area contributed by atoms with E-state index in [-0.39, 0.29) is 23.0 Å². The average Bonchev–Trinajstić information content (AvgIpc) is 2.65. The van der Waals surface area contributed by atoms with Gasteiger partial charge in [0.15, 0.2) is 5.78 Å². The first-order chi connectivity index (χ1) is 13.8. The molecule has 1 unspecified atom stereocenters. The molecule has 4 rings (SSSR count). The highest BCUT2D eigenvalue weighted by molar-refractivity contribution is 6.07. The number of amides is 1. The third-order valence-electron chi connectivity index (χ3n) is 5.76. The second-order valence-corrected chi connectivity index (χ2v) is 8.95. The summed E-state index contributed by atoms with van der Waals surface area (Å²) in [5.74, 6) is 0.0639. The molecule has 1 heterocycles. The number of hydrogen-bond acceptors (Lipinski definition) is 2. The van der Waals surface area contributed by atoms with Gasteiger partial charge < -0.3 is 0 Å². The smallest absolute Gasteiger partial charge is 0.232 e. The summed E-state index contributed by atoms with van der Waals surface area (Å²) < 4.78 is 0. The number of carbonyl (C=O) groups is 2. The van der Waals surface area contributed by atoms with Crippen molar-refractivity contribution in [2.75, 3.05) is 4.90 Å². The Bertz CT molecular complexity index is 1010. The maximum Gasteiger partial charge on any atom is 0.232 e. The molecule has 0 saturated carbocycles. The van der Waals surface area contributed by atoms with E-state index in [0.29, 0.717) is 12.8 Å². The number of benzene rings is 2. The number of anilines is 1. The first kappa shape index (κ1) is 19.4. The molecule has 2 aliphatic rings. The molecule has 29 heavy (non-hydrogen) atoms. The van der Waals surface area contributed by atoms with Crippen LogP contribution in [0.1, 0.15) is 44.2 Å². The molecule has 2 aromatic carbocycles. The lowest BCUT2D eigenvalue weighted by Gasteiger charge is -2.42. The maximum absolute atomic E-state index is 13.2. The van der Waals surface area contributed by atoms with Gasteiger partial charge in [0, 0.05) is 35.7 Å². The summed E-state index contributed by atoms with van der Waals surface area (Å²) in [6.07, 6.45) is 5.63. The molecular weight excluding hydrogens is 358 g/mol. The fraction of sp³-hybridized carbons (Fsp3) is 0.308. The summed E-state index contributed by atoms with van der Waals surface area (Å²) in [4.78, 5) is 28.2. The first-order valence-electron chi connectivity index (χ1n) is 10.2. The maximum atomic E-state index is 13.2. The molecule has 3 heteroatoms. The second-order valence-electron chi connectivity index (χ2n) is 8.95. The molecule has 2 aromatic rings. The standard InChI is InChI=1S/C26H27NO2/c1-18-8-7-11-21(14-18)27-22-16-26(2,3)17-23(28)25(22)20(15-24(27)29)13-12-19-9-5-4-6-10-19/h4-14,20H,15-17H2,1-3H3/b13-12+. The second kappa shape index (κ2) is 7.47. The SMILES string of the molecule is Cc1cccc(N2C(=O)CC(/C=C/c3ccccc3)C3=C2CC(C)(C)CC3=O)c1. The van der Waals surface area contributed by atoms with Crippen LogP contribution >= 0.6 is 0 Å². The number of nitrogens with zero attached hydrogens (tertiary/aromatic N) is 1. The molecule has 0 saturated heterocycles. The van der Waals surface area contributed by atoms with Crippen LogP contribution in [0.3, 0.4) is 0 Å². The number of ketones is 1. The Morgan fingerprint density at radius 1 is 1.00 bits per heavy atom. The third kappa shape index (κ3) is 3.95. The number of Topliss-reactive ketones (excluding diaryl/α,β-unsaturated/α-hetero) is 1. The molecule has 0 aromatic heterocycles. The Labute approximate surface area is 172 Å². The minimum atomic E-state index is -0.164. The van der Waals surface area contributed by atoms with Crippen LogP contribution in [0.25, 0.3) is 6.08 Å². The van der Waals surface area contributed by atoms with Gasteiger partial charge in [0.2, 0.25) is 5.91 Å². The van der Waals surface area contributed by atoms with Crippen LogP contribution in [-0.4, -0.2) is 11.7 Å². The van der Waals surface area contributed by atoms with Crippen molar-refractivity contribution in [2.45, 2.75) is 40.0 Å². The predicted octanol–water partition coefficient (Wildman–Crippen LogP) is 5.70. The van der Waals surface area contributed by atoms with Crippen LogP contribution in [0, 0.1) is 18.3 Å². The molecule has 0 radical (unpaired) electrons. The summed E-state index contributed by atoms with van der Waals surface area (Å²) in [6, 6.07) is 18.0. The van der Waals surface area contributed by atoms with Crippen molar-refractivity contribution in [2.24, 2.45) is 11.3 Å². The Hall–Kier alpha value is -2.94. The van der Waals surface area contributed by atoms with E-state index >= 15 is 0 Å². The fourth-order valence-electron chi connectivity index (χ4n) is 4.48. The lowest BCUT2D eigenvalue weighted by Crippen LogP contribution is -2.44. The van der Waals surface area contributed by atoms with E-state index < -0.39 is 0 Å². The Kier molecular flexibility index (Phi) is 4.99. The van der Waals surface area contributed by atoms with Crippen molar-refractivity contribution in [3.8, 4) is 0 Å². The van der Waals surface area contributed by atoms with E-state index in [0.717, 1.165) is 34.5 Å². The topological polar surface area (TPSA) is 37.4 Å². The summed E-state index contributed by atoms with van der Waals surface area (Å²) in [7, 11) is 0. The number of carbonyl (C=O) groups excluding carboxylic acids is 2. The number of aryl methyl sites for hydroxylation is 1. The van der Waals surface area contributed by atoms with E-state index in [1.165, 1.54) is 0 Å². The van der Waals surface area contributed by atoms with Crippen molar-refractivity contribution in [3.63, 3.8) is 0 Å². The zero-order valence-corrected chi connectivity index (χ0v) is 17.3. The van der Waals surface area contributed by atoms with E-state index in [1.807, 2.05) is 73.7 Å². The monoisotopic (exact) mass is 385 g/mol. The normalized spacial score (nSPS) is 21.6. The van der Waals surface area contributed by atoms with E-state index in [9.17, 15) is 9.59 Å². The Morgan fingerprint density at radius 2 is 1.76 bits per heavy atom. The highest BCUT2D eigenvalue weighted by Gasteiger charge is 2.43. The molecule has 3 nitrogen and oxygen atoms in total. The molecule has 1 atom stereocenters. The van der Waals surface area contributed by atoms with Crippen molar-refractivity contribution in [3.05, 3.63) is 83.1 Å². The molecule has 1 aliphatic carbocycles. The molecule has 0 N–H and O–H groups in total. The summed E-state index contributed by atoms with van der Waals surface area (Å²) >= 11 is 0. The molecule has 0 spiro atoms. The van der Waals surface area contributed by atoms with Crippen molar-refractivity contribution < 1.29 is 9.59 Å². The lowest BCUT2D eigenvalue weighted by molar-refractivity contribution is -0.121. The van der Waals surface area contributed by atoms with Crippen LogP contribution < -0.4 is 4.90 Å². The van der Waals surface area contributed by atoms with Gasteiger partial charge in [0.05, 0.1) is 0 Å². The molecule has 1 amide bonds. The lowest BCUT2D eigenvalue weighted by atomic mass is 9.70. The van der Waals surface area contributed by atoms with Crippen molar-refractivity contribution in [1.29, 1.82) is 0 Å². The third-order valence-corrected chi connectivity index (χ3v) is 5.76. The van der Waals surface area contributed by atoms with E-state index in [4.69, 9.17) is 0 Å². The summed E-state index contributed by atoms with van der Waals surface area (Å²) in [5.41, 5.74) is 4.59. The van der Waals surface area contributed by atoms with Crippen LogP contribution in [-0.2, 0) is 9.59 Å². The number of hydrogen-bond donors (Lipinski definition) is 0. The molecule has 148 valence electrons. The van der Waals surface area contributed by atoms with Gasteiger partial charge >= 0.3 is 0 Å². The molecule has 1 aliphatic heterocycles. The zero-order valence-electron chi connectivity index (χ0n) is 17.3. The van der Waals surface area contributed by atoms with E-state index in [2.05, 4.69) is 13.8 Å². The summed E-state index contributed by atoms with van der Waals surface area (Å²) in [6.45, 7) is 6.24. The van der Waals surface area contributed by atoms with Crippen molar-refractivity contribution >= 4 is 23.5 Å². The van der Waals surface area contributed by atoms with Gasteiger partial charge in [-0.05, 0) is 42.0 Å². The van der Waals surface area contributed by atoms with E-state index in [1.54, 1.807) is 4.90 Å². The highest BCUT2D eigenvalue weighted by Crippen LogP contribution is 2.45. The largest absolute Gasteiger partial charge is 0.294 e. The van der Waals surface area contributed by atoms with Gasteiger partial charge in [-0.25, -0.2) is 0 Å². The van der Waals surface area contributed by atoms with Gasteiger partial charge in [-0.15, -0.1) is 0 Å². The van der Waals surface area contributed by atoms with Crippen LogP contribution in [0.15, 0.2) is 71.9 Å². The Morgan fingerprint density at radius 3 is 2.48 bits per heavy atom. The minimum Gasteiger partial charge on any atom is -0.294 e. The Balaban J connectivity index is 1.80. The molecular formula is C26H27NO2. The zero-order chi connectivity index (χ0) is 20.6. The summed E-state index contributed by atoms with van der Waals surface area (Å²) in [5, 5.41) is 0. The predicted molar refractivity (Wildman–Crippen MR) is 117 cm³/mol. The molecule has 0 bridgehead atoms. The van der Waals surface area contributed by atoms with Gasteiger partial charge in [0.1, 0.15) is 0 Å². The van der Waals surface area contributed by atoms with Crippen LogP contribution in [0.4, 0.5) is 5.69 Å². The van der Waals surface area contributed by atoms with Gasteiger partial charge in [-0.3, -0.25) is 14.5 Å².